The molecule has 2 aliphatic heterocycles. The van der Waals surface area contributed by atoms with Crippen LogP contribution in [-0.2, 0) is 22.7 Å². The number of nitrogens with zero attached hydrogens (tertiary/aromatic N) is 2. The van der Waals surface area contributed by atoms with Gasteiger partial charge in [0.05, 0.1) is 6.54 Å². The summed E-state index contributed by atoms with van der Waals surface area (Å²) in [5.41, 5.74) is 2.50. The number of imide groups is 1. The molecule has 0 radical (unpaired) electrons. The van der Waals surface area contributed by atoms with E-state index in [-0.39, 0.29) is 23.2 Å². The second-order valence-corrected chi connectivity index (χ2v) is 8.15. The Hall–Kier alpha value is -3.12. The molecule has 2 heterocycles. The fourth-order valence-corrected chi connectivity index (χ4v) is 4.09. The van der Waals surface area contributed by atoms with Crippen LogP contribution in [0.1, 0.15) is 40.7 Å². The predicted molar refractivity (Wildman–Crippen MR) is 118 cm³/mol. The molecular formula is C24H24ClN3O3. The highest BCUT2D eigenvalue weighted by molar-refractivity contribution is 6.47. The lowest BCUT2D eigenvalue weighted by atomic mass is 10.1. The summed E-state index contributed by atoms with van der Waals surface area (Å²) >= 11 is 6.16. The van der Waals surface area contributed by atoms with E-state index in [0.29, 0.717) is 12.1 Å². The van der Waals surface area contributed by atoms with Gasteiger partial charge in [-0.2, -0.15) is 0 Å². The van der Waals surface area contributed by atoms with Gasteiger partial charge < -0.3 is 10.2 Å². The van der Waals surface area contributed by atoms with E-state index in [1.54, 1.807) is 12.1 Å². The number of nitrogens with one attached hydrogen (secondary N) is 1. The number of likely N-dealkylation sites (tertiary alicyclic amines) is 1. The molecule has 2 aromatic rings. The monoisotopic (exact) mass is 437 g/mol. The Morgan fingerprint density at radius 2 is 1.55 bits per heavy atom. The van der Waals surface area contributed by atoms with Crippen LogP contribution in [0.3, 0.4) is 0 Å². The molecule has 6 nitrogen and oxygen atoms in total. The van der Waals surface area contributed by atoms with E-state index in [1.165, 1.54) is 6.42 Å². The first-order chi connectivity index (χ1) is 15.0. The van der Waals surface area contributed by atoms with Crippen LogP contribution < -0.4 is 5.32 Å². The zero-order valence-electron chi connectivity index (χ0n) is 17.1. The summed E-state index contributed by atoms with van der Waals surface area (Å²) in [6.07, 6.45) is 3.28. The van der Waals surface area contributed by atoms with Crippen molar-refractivity contribution in [1.82, 2.24) is 15.1 Å². The fourth-order valence-electron chi connectivity index (χ4n) is 3.84. The van der Waals surface area contributed by atoms with Gasteiger partial charge in [0.15, 0.2) is 0 Å². The van der Waals surface area contributed by atoms with Crippen LogP contribution in [0.2, 0.25) is 0 Å². The molecule has 160 valence electrons. The first-order valence-electron chi connectivity index (χ1n) is 10.5. The maximum absolute atomic E-state index is 12.7. The van der Waals surface area contributed by atoms with E-state index < -0.39 is 11.8 Å². The van der Waals surface area contributed by atoms with Gasteiger partial charge in [-0.05, 0) is 42.5 Å². The topological polar surface area (TPSA) is 69.7 Å². The standard InChI is InChI=1S/C24H24ClN3O3/c25-20-21(24(31)28(23(20)30)16-18-7-3-1-4-8-18)26-15-17-9-11-19(12-10-17)22(29)27-13-5-2-6-14-27/h1,3-4,7-12,26H,2,5-6,13-16H2. The number of benzene rings is 2. The van der Waals surface area contributed by atoms with Crippen molar-refractivity contribution in [3.05, 3.63) is 82.0 Å². The fraction of sp³-hybridized carbons (Fsp3) is 0.292. The van der Waals surface area contributed by atoms with Crippen LogP contribution in [0.5, 0.6) is 0 Å². The number of amides is 3. The lowest BCUT2D eigenvalue weighted by Crippen LogP contribution is -2.35. The molecule has 3 amide bonds. The van der Waals surface area contributed by atoms with Gasteiger partial charge >= 0.3 is 0 Å². The maximum Gasteiger partial charge on any atom is 0.278 e. The maximum atomic E-state index is 12.7. The summed E-state index contributed by atoms with van der Waals surface area (Å²) in [6, 6.07) is 16.6. The quantitative estimate of drug-likeness (QED) is 0.703. The van der Waals surface area contributed by atoms with Crippen molar-refractivity contribution in [2.45, 2.75) is 32.4 Å². The van der Waals surface area contributed by atoms with Gasteiger partial charge in [-0.1, -0.05) is 54.1 Å². The Morgan fingerprint density at radius 1 is 0.871 bits per heavy atom. The highest BCUT2D eigenvalue weighted by atomic mass is 35.5. The van der Waals surface area contributed by atoms with Gasteiger partial charge in [0.2, 0.25) is 0 Å². The first kappa shape index (κ1) is 21.1. The molecule has 2 aliphatic rings. The van der Waals surface area contributed by atoms with Crippen molar-refractivity contribution < 1.29 is 14.4 Å². The summed E-state index contributed by atoms with van der Waals surface area (Å²) in [5, 5.41) is 2.90. The smallest absolute Gasteiger partial charge is 0.278 e. The minimum absolute atomic E-state index is 0.0538. The number of carbonyl (C=O) groups is 3. The number of rotatable bonds is 6. The lowest BCUT2D eigenvalue weighted by Gasteiger charge is -2.26. The molecular weight excluding hydrogens is 414 g/mol. The minimum atomic E-state index is -0.500. The molecule has 7 heteroatoms. The second kappa shape index (κ2) is 9.35. The van der Waals surface area contributed by atoms with Crippen molar-refractivity contribution in [3.8, 4) is 0 Å². The highest BCUT2D eigenvalue weighted by Crippen LogP contribution is 2.24. The van der Waals surface area contributed by atoms with Crippen molar-refractivity contribution in [2.24, 2.45) is 0 Å². The summed E-state index contributed by atoms with van der Waals surface area (Å²) in [5.74, 6) is -0.880. The van der Waals surface area contributed by atoms with Crippen LogP contribution in [0, 0.1) is 0 Å². The summed E-state index contributed by atoms with van der Waals surface area (Å²) in [6.45, 7) is 2.12. The van der Waals surface area contributed by atoms with E-state index in [2.05, 4.69) is 5.32 Å². The molecule has 31 heavy (non-hydrogen) atoms. The molecule has 0 atom stereocenters. The van der Waals surface area contributed by atoms with Crippen LogP contribution in [0.15, 0.2) is 65.3 Å². The van der Waals surface area contributed by atoms with Gasteiger partial charge in [-0.25, -0.2) is 0 Å². The second-order valence-electron chi connectivity index (χ2n) is 7.77. The third-order valence-electron chi connectivity index (χ3n) is 5.61. The van der Waals surface area contributed by atoms with E-state index in [4.69, 9.17) is 11.6 Å². The zero-order chi connectivity index (χ0) is 21.8. The Morgan fingerprint density at radius 3 is 2.23 bits per heavy atom. The van der Waals surface area contributed by atoms with Crippen molar-refractivity contribution in [1.29, 1.82) is 0 Å². The Bertz CT molecular complexity index is 1010. The summed E-state index contributed by atoms with van der Waals surface area (Å²) in [4.78, 5) is 40.8. The van der Waals surface area contributed by atoms with E-state index in [9.17, 15) is 14.4 Å². The van der Waals surface area contributed by atoms with Gasteiger partial charge in [0.1, 0.15) is 10.7 Å². The number of carbonyl (C=O) groups excluding carboxylic acids is 3. The van der Waals surface area contributed by atoms with Crippen molar-refractivity contribution >= 4 is 29.3 Å². The number of piperidine rings is 1. The van der Waals surface area contributed by atoms with E-state index in [1.807, 2.05) is 47.4 Å². The van der Waals surface area contributed by atoms with Crippen LogP contribution in [0.25, 0.3) is 0 Å². The number of hydrogen-bond acceptors (Lipinski definition) is 4. The molecule has 2 aromatic carbocycles. The Kier molecular flexibility index (Phi) is 6.37. The normalized spacial score (nSPS) is 16.8. The summed E-state index contributed by atoms with van der Waals surface area (Å²) in [7, 11) is 0. The third-order valence-corrected chi connectivity index (χ3v) is 5.96. The van der Waals surface area contributed by atoms with Gasteiger partial charge in [-0.3, -0.25) is 19.3 Å². The SMILES string of the molecule is O=C(c1ccc(CNC2=C(Cl)C(=O)N(Cc3ccccc3)C2=O)cc1)N1CCCCC1. The molecule has 1 N–H and O–H groups in total. The van der Waals surface area contributed by atoms with Crippen molar-refractivity contribution in [3.63, 3.8) is 0 Å². The largest absolute Gasteiger partial charge is 0.375 e. The van der Waals surface area contributed by atoms with Crippen LogP contribution >= 0.6 is 11.6 Å². The number of hydrogen-bond donors (Lipinski definition) is 1. The van der Waals surface area contributed by atoms with Gasteiger partial charge in [-0.15, -0.1) is 0 Å². The first-order valence-corrected chi connectivity index (χ1v) is 10.8. The van der Waals surface area contributed by atoms with Crippen molar-refractivity contribution in [2.75, 3.05) is 13.1 Å². The molecule has 1 saturated heterocycles. The molecule has 0 spiro atoms. The average molecular weight is 438 g/mol. The molecule has 0 aromatic heterocycles. The minimum Gasteiger partial charge on any atom is -0.375 e. The third kappa shape index (κ3) is 4.64. The molecule has 0 bridgehead atoms. The summed E-state index contributed by atoms with van der Waals surface area (Å²) < 4.78 is 0. The molecule has 1 fully saturated rings. The van der Waals surface area contributed by atoms with Crippen LogP contribution in [0.4, 0.5) is 0 Å². The van der Waals surface area contributed by atoms with Crippen LogP contribution in [-0.4, -0.2) is 40.6 Å². The zero-order valence-corrected chi connectivity index (χ0v) is 17.9. The van der Waals surface area contributed by atoms with Gasteiger partial charge in [0, 0.05) is 25.2 Å². The predicted octanol–water partition coefficient (Wildman–Crippen LogP) is 3.42. The Balaban J connectivity index is 1.37. The molecule has 0 saturated carbocycles. The lowest BCUT2D eigenvalue weighted by molar-refractivity contribution is -0.138. The molecule has 0 unspecified atom stereocenters. The van der Waals surface area contributed by atoms with E-state index in [0.717, 1.165) is 42.0 Å². The average Bonchev–Trinajstić information content (AvgIpc) is 3.02. The van der Waals surface area contributed by atoms with E-state index >= 15 is 0 Å². The van der Waals surface area contributed by atoms with Gasteiger partial charge in [0.25, 0.3) is 17.7 Å². The Labute approximate surface area is 186 Å². The molecule has 4 rings (SSSR count). The highest BCUT2D eigenvalue weighted by Gasteiger charge is 2.37. The number of halogens is 1. The molecule has 0 aliphatic carbocycles.